The van der Waals surface area contributed by atoms with Gasteiger partial charge in [0.05, 0.1) is 5.69 Å². The van der Waals surface area contributed by atoms with Gasteiger partial charge in [-0.05, 0) is 38.9 Å². The van der Waals surface area contributed by atoms with Crippen LogP contribution in [0.2, 0.25) is 0 Å². The van der Waals surface area contributed by atoms with Gasteiger partial charge in [-0.3, -0.25) is 4.90 Å². The largest absolute Gasteiger partial charge is 0.370 e. The van der Waals surface area contributed by atoms with Crippen molar-refractivity contribution in [1.82, 2.24) is 9.88 Å². The van der Waals surface area contributed by atoms with Crippen LogP contribution >= 0.6 is 0 Å². The molecule has 0 aromatic carbocycles. The fourth-order valence-electron chi connectivity index (χ4n) is 1.76. The first-order valence-corrected chi connectivity index (χ1v) is 6.44. The first-order valence-electron chi connectivity index (χ1n) is 6.44. The highest BCUT2D eigenvalue weighted by atomic mass is 15.1. The Morgan fingerprint density at radius 1 is 1.29 bits per heavy atom. The molecule has 0 amide bonds. The molecule has 0 fully saturated rings. The molecule has 0 aliphatic rings. The minimum Gasteiger partial charge on any atom is -0.370 e. The number of rotatable bonds is 6. The number of anilines is 1. The van der Waals surface area contributed by atoms with E-state index in [2.05, 4.69) is 62.1 Å². The maximum atomic E-state index is 4.59. The standard InChI is InChI=1S/C14H25N3/c1-6-15-14-9-7-8-13(16-14)10-17(5)12(4)11(2)3/h7-9,11-12H,6,10H2,1-5H3,(H,15,16). The van der Waals surface area contributed by atoms with Gasteiger partial charge in [-0.1, -0.05) is 19.9 Å². The predicted molar refractivity (Wildman–Crippen MR) is 74.2 cm³/mol. The molecular formula is C14H25N3. The van der Waals surface area contributed by atoms with E-state index < -0.39 is 0 Å². The molecule has 96 valence electrons. The van der Waals surface area contributed by atoms with Crippen LogP contribution in [0, 0.1) is 5.92 Å². The van der Waals surface area contributed by atoms with Crippen molar-refractivity contribution >= 4 is 5.82 Å². The lowest BCUT2D eigenvalue weighted by Gasteiger charge is -2.27. The molecule has 1 N–H and O–H groups in total. The number of aromatic nitrogens is 1. The Balaban J connectivity index is 2.64. The van der Waals surface area contributed by atoms with E-state index in [9.17, 15) is 0 Å². The van der Waals surface area contributed by atoms with E-state index in [1.165, 1.54) is 0 Å². The molecule has 0 bridgehead atoms. The number of hydrogen-bond acceptors (Lipinski definition) is 3. The van der Waals surface area contributed by atoms with Crippen LogP contribution in [-0.4, -0.2) is 29.5 Å². The van der Waals surface area contributed by atoms with Crippen LogP contribution in [0.1, 0.15) is 33.4 Å². The van der Waals surface area contributed by atoms with E-state index in [0.717, 1.165) is 24.6 Å². The minimum atomic E-state index is 0.569. The average molecular weight is 235 g/mol. The van der Waals surface area contributed by atoms with Gasteiger partial charge in [0.15, 0.2) is 0 Å². The third-order valence-electron chi connectivity index (χ3n) is 3.24. The first kappa shape index (κ1) is 14.0. The van der Waals surface area contributed by atoms with Crippen LogP contribution in [0.4, 0.5) is 5.82 Å². The second kappa shape index (κ2) is 6.60. The van der Waals surface area contributed by atoms with Crippen molar-refractivity contribution in [2.24, 2.45) is 5.92 Å². The van der Waals surface area contributed by atoms with E-state index in [1.54, 1.807) is 0 Å². The van der Waals surface area contributed by atoms with Crippen molar-refractivity contribution in [2.75, 3.05) is 18.9 Å². The molecule has 3 heteroatoms. The summed E-state index contributed by atoms with van der Waals surface area (Å²) in [6, 6.07) is 6.73. The fourth-order valence-corrected chi connectivity index (χ4v) is 1.76. The van der Waals surface area contributed by atoms with Crippen molar-refractivity contribution < 1.29 is 0 Å². The second-order valence-electron chi connectivity index (χ2n) is 4.94. The van der Waals surface area contributed by atoms with E-state index in [4.69, 9.17) is 0 Å². The van der Waals surface area contributed by atoms with Gasteiger partial charge >= 0.3 is 0 Å². The van der Waals surface area contributed by atoms with Crippen LogP contribution in [0.3, 0.4) is 0 Å². The first-order chi connectivity index (χ1) is 8.04. The second-order valence-corrected chi connectivity index (χ2v) is 4.94. The van der Waals surface area contributed by atoms with Crippen molar-refractivity contribution in [1.29, 1.82) is 0 Å². The smallest absolute Gasteiger partial charge is 0.126 e. The number of pyridine rings is 1. The lowest BCUT2D eigenvalue weighted by Crippen LogP contribution is -2.33. The van der Waals surface area contributed by atoms with Gasteiger partial charge < -0.3 is 5.32 Å². The molecule has 0 saturated heterocycles. The van der Waals surface area contributed by atoms with E-state index in [1.807, 2.05) is 6.07 Å². The number of nitrogens with one attached hydrogen (secondary N) is 1. The van der Waals surface area contributed by atoms with Crippen LogP contribution in [0.5, 0.6) is 0 Å². The minimum absolute atomic E-state index is 0.569. The van der Waals surface area contributed by atoms with Gasteiger partial charge in [-0.25, -0.2) is 4.98 Å². The van der Waals surface area contributed by atoms with Crippen molar-refractivity contribution in [3.05, 3.63) is 23.9 Å². The quantitative estimate of drug-likeness (QED) is 0.821. The summed E-state index contributed by atoms with van der Waals surface area (Å²) in [5.74, 6) is 1.63. The van der Waals surface area contributed by atoms with Crippen LogP contribution in [0.25, 0.3) is 0 Å². The molecule has 17 heavy (non-hydrogen) atoms. The van der Waals surface area contributed by atoms with Gasteiger partial charge in [0.25, 0.3) is 0 Å². The molecule has 0 radical (unpaired) electrons. The predicted octanol–water partition coefficient (Wildman–Crippen LogP) is 2.99. The van der Waals surface area contributed by atoms with Crippen molar-refractivity contribution in [3.63, 3.8) is 0 Å². The summed E-state index contributed by atoms with van der Waals surface area (Å²) in [7, 11) is 2.16. The lowest BCUT2D eigenvalue weighted by molar-refractivity contribution is 0.198. The molecule has 1 unspecified atom stereocenters. The highest BCUT2D eigenvalue weighted by Crippen LogP contribution is 2.12. The van der Waals surface area contributed by atoms with E-state index in [0.29, 0.717) is 12.0 Å². The van der Waals surface area contributed by atoms with E-state index in [-0.39, 0.29) is 0 Å². The molecule has 1 rings (SSSR count). The molecular weight excluding hydrogens is 210 g/mol. The summed E-state index contributed by atoms with van der Waals surface area (Å²) < 4.78 is 0. The Morgan fingerprint density at radius 2 is 2.00 bits per heavy atom. The topological polar surface area (TPSA) is 28.2 Å². The Labute approximate surface area is 105 Å². The molecule has 1 atom stereocenters. The molecule has 3 nitrogen and oxygen atoms in total. The molecule has 0 saturated carbocycles. The van der Waals surface area contributed by atoms with Crippen molar-refractivity contribution in [2.45, 2.75) is 40.3 Å². The number of nitrogens with zero attached hydrogens (tertiary/aromatic N) is 2. The van der Waals surface area contributed by atoms with Gasteiger partial charge in [0.1, 0.15) is 5.82 Å². The molecule has 1 aromatic rings. The maximum Gasteiger partial charge on any atom is 0.126 e. The van der Waals surface area contributed by atoms with Gasteiger partial charge in [-0.2, -0.15) is 0 Å². The highest BCUT2D eigenvalue weighted by molar-refractivity contribution is 5.34. The zero-order valence-corrected chi connectivity index (χ0v) is 11.7. The third-order valence-corrected chi connectivity index (χ3v) is 3.24. The zero-order valence-electron chi connectivity index (χ0n) is 11.7. The van der Waals surface area contributed by atoms with Gasteiger partial charge in [0.2, 0.25) is 0 Å². The summed E-state index contributed by atoms with van der Waals surface area (Å²) in [5, 5.41) is 3.24. The molecule has 1 heterocycles. The normalized spacial score (nSPS) is 13.1. The summed E-state index contributed by atoms with van der Waals surface area (Å²) in [6.45, 7) is 10.7. The van der Waals surface area contributed by atoms with Crippen LogP contribution in [0.15, 0.2) is 18.2 Å². The highest BCUT2D eigenvalue weighted by Gasteiger charge is 2.13. The Morgan fingerprint density at radius 3 is 2.59 bits per heavy atom. The van der Waals surface area contributed by atoms with Gasteiger partial charge in [0, 0.05) is 19.1 Å². The van der Waals surface area contributed by atoms with E-state index >= 15 is 0 Å². The Hall–Kier alpha value is -1.09. The van der Waals surface area contributed by atoms with Crippen LogP contribution < -0.4 is 5.32 Å². The Bertz CT molecular complexity index is 336. The lowest BCUT2D eigenvalue weighted by atomic mass is 10.1. The maximum absolute atomic E-state index is 4.59. The molecule has 1 aromatic heterocycles. The zero-order chi connectivity index (χ0) is 12.8. The molecule has 0 spiro atoms. The Kier molecular flexibility index (Phi) is 5.42. The third kappa shape index (κ3) is 4.35. The summed E-state index contributed by atoms with van der Waals surface area (Å²) in [4.78, 5) is 6.94. The molecule has 0 aliphatic carbocycles. The summed E-state index contributed by atoms with van der Waals surface area (Å²) in [5.41, 5.74) is 1.12. The number of hydrogen-bond donors (Lipinski definition) is 1. The monoisotopic (exact) mass is 235 g/mol. The van der Waals surface area contributed by atoms with Crippen LogP contribution in [-0.2, 0) is 6.54 Å². The summed E-state index contributed by atoms with van der Waals surface area (Å²) in [6.07, 6.45) is 0. The van der Waals surface area contributed by atoms with Gasteiger partial charge in [-0.15, -0.1) is 0 Å². The average Bonchev–Trinajstić information content (AvgIpc) is 2.28. The SMILES string of the molecule is CCNc1cccc(CN(C)C(C)C(C)C)n1. The fraction of sp³-hybridized carbons (Fsp3) is 0.643. The van der Waals surface area contributed by atoms with Crippen molar-refractivity contribution in [3.8, 4) is 0 Å². The summed E-state index contributed by atoms with van der Waals surface area (Å²) >= 11 is 0. The molecule has 0 aliphatic heterocycles.